The highest BCUT2D eigenvalue weighted by Crippen LogP contribution is 2.17. The number of aryl methyl sites for hydroxylation is 1. The molecule has 0 unspecified atom stereocenters. The molecular formula is C18H20N4O2. The predicted molar refractivity (Wildman–Crippen MR) is 89.9 cm³/mol. The Bertz CT molecular complexity index is 758. The number of aromatic nitrogens is 4. The molecule has 0 aliphatic rings. The lowest BCUT2D eigenvalue weighted by molar-refractivity contribution is 0.104. The molecule has 0 radical (unpaired) electrons. The summed E-state index contributed by atoms with van der Waals surface area (Å²) in [7, 11) is 0. The van der Waals surface area contributed by atoms with Gasteiger partial charge >= 0.3 is 0 Å². The van der Waals surface area contributed by atoms with E-state index in [-0.39, 0.29) is 6.61 Å². The molecule has 0 fully saturated rings. The Morgan fingerprint density at radius 2 is 1.96 bits per heavy atom. The fourth-order valence-electron chi connectivity index (χ4n) is 2.35. The molecule has 0 spiro atoms. The van der Waals surface area contributed by atoms with Gasteiger partial charge in [-0.3, -0.25) is 9.67 Å². The molecule has 0 atom stereocenters. The zero-order valence-corrected chi connectivity index (χ0v) is 13.4. The highest BCUT2D eigenvalue weighted by Gasteiger charge is 2.03. The first-order valence-electron chi connectivity index (χ1n) is 7.93. The molecule has 0 amide bonds. The summed E-state index contributed by atoms with van der Waals surface area (Å²) in [5.74, 6) is 0. The fourth-order valence-corrected chi connectivity index (χ4v) is 2.35. The number of hydrogen-bond donors (Lipinski definition) is 1. The van der Waals surface area contributed by atoms with E-state index in [9.17, 15) is 0 Å². The smallest absolute Gasteiger partial charge is 0.108 e. The Hall–Kier alpha value is -2.57. The van der Waals surface area contributed by atoms with Crippen LogP contribution in [0.4, 0.5) is 0 Å². The van der Waals surface area contributed by atoms with E-state index in [1.54, 1.807) is 10.9 Å². The first-order chi connectivity index (χ1) is 11.8. The van der Waals surface area contributed by atoms with Gasteiger partial charge in [0.2, 0.25) is 0 Å². The first-order valence-corrected chi connectivity index (χ1v) is 7.93. The van der Waals surface area contributed by atoms with E-state index < -0.39 is 0 Å². The SMILES string of the molecule is OCCCn1cc(COCc2ccnc(-c3ccccc3)c2)nn1. The quantitative estimate of drug-likeness (QED) is 0.689. The van der Waals surface area contributed by atoms with Crippen molar-refractivity contribution in [2.75, 3.05) is 6.61 Å². The third kappa shape index (κ3) is 4.47. The van der Waals surface area contributed by atoms with Crippen molar-refractivity contribution in [2.45, 2.75) is 26.2 Å². The van der Waals surface area contributed by atoms with Crippen LogP contribution in [0.3, 0.4) is 0 Å². The minimum absolute atomic E-state index is 0.150. The van der Waals surface area contributed by atoms with Crippen molar-refractivity contribution >= 4 is 0 Å². The number of rotatable bonds is 8. The van der Waals surface area contributed by atoms with E-state index in [2.05, 4.69) is 15.3 Å². The van der Waals surface area contributed by atoms with Crippen LogP contribution in [0.2, 0.25) is 0 Å². The highest BCUT2D eigenvalue weighted by atomic mass is 16.5. The fraction of sp³-hybridized carbons (Fsp3) is 0.278. The van der Waals surface area contributed by atoms with Crippen LogP contribution >= 0.6 is 0 Å². The van der Waals surface area contributed by atoms with E-state index >= 15 is 0 Å². The largest absolute Gasteiger partial charge is 0.396 e. The highest BCUT2D eigenvalue weighted by molar-refractivity contribution is 5.59. The van der Waals surface area contributed by atoms with Gasteiger partial charge in [-0.1, -0.05) is 35.5 Å². The lowest BCUT2D eigenvalue weighted by Gasteiger charge is -2.05. The minimum atomic E-state index is 0.150. The van der Waals surface area contributed by atoms with Crippen molar-refractivity contribution in [3.8, 4) is 11.3 Å². The van der Waals surface area contributed by atoms with Gasteiger partial charge < -0.3 is 9.84 Å². The minimum Gasteiger partial charge on any atom is -0.396 e. The molecule has 6 nitrogen and oxygen atoms in total. The molecule has 3 rings (SSSR count). The van der Waals surface area contributed by atoms with Crippen LogP contribution in [-0.2, 0) is 24.5 Å². The van der Waals surface area contributed by atoms with Gasteiger partial charge in [-0.15, -0.1) is 5.10 Å². The van der Waals surface area contributed by atoms with Crippen molar-refractivity contribution in [1.82, 2.24) is 20.0 Å². The van der Waals surface area contributed by atoms with Gasteiger partial charge in [-0.2, -0.15) is 0 Å². The summed E-state index contributed by atoms with van der Waals surface area (Å²) in [5, 5.41) is 16.9. The summed E-state index contributed by atoms with van der Waals surface area (Å²) >= 11 is 0. The molecular weight excluding hydrogens is 304 g/mol. The molecule has 24 heavy (non-hydrogen) atoms. The summed E-state index contributed by atoms with van der Waals surface area (Å²) in [6.45, 7) is 1.71. The van der Waals surface area contributed by atoms with Gasteiger partial charge in [0, 0.05) is 24.9 Å². The second kappa shape index (κ2) is 8.33. The molecule has 0 saturated heterocycles. The average molecular weight is 324 g/mol. The maximum Gasteiger partial charge on any atom is 0.108 e. The topological polar surface area (TPSA) is 73.1 Å². The third-order valence-electron chi connectivity index (χ3n) is 3.54. The maximum absolute atomic E-state index is 8.82. The van der Waals surface area contributed by atoms with Crippen LogP contribution in [0, 0.1) is 0 Å². The van der Waals surface area contributed by atoms with Crippen molar-refractivity contribution in [3.05, 3.63) is 66.1 Å². The van der Waals surface area contributed by atoms with Gasteiger partial charge in [0.25, 0.3) is 0 Å². The number of hydrogen-bond acceptors (Lipinski definition) is 5. The normalized spacial score (nSPS) is 10.9. The van der Waals surface area contributed by atoms with Crippen molar-refractivity contribution in [3.63, 3.8) is 0 Å². The summed E-state index contributed by atoms with van der Waals surface area (Å²) in [5.41, 5.74) is 3.87. The zero-order chi connectivity index (χ0) is 16.6. The van der Waals surface area contributed by atoms with Crippen LogP contribution in [-0.4, -0.2) is 31.7 Å². The van der Waals surface area contributed by atoms with Crippen LogP contribution < -0.4 is 0 Å². The Kier molecular flexibility index (Phi) is 5.65. The molecule has 0 bridgehead atoms. The summed E-state index contributed by atoms with van der Waals surface area (Å²) in [6.07, 6.45) is 4.31. The van der Waals surface area contributed by atoms with Gasteiger partial charge in [0.1, 0.15) is 5.69 Å². The van der Waals surface area contributed by atoms with Crippen LogP contribution in [0.1, 0.15) is 17.7 Å². The standard InChI is InChI=1S/C18H20N4O2/c23-10-4-9-22-12-17(20-21-22)14-24-13-15-7-8-19-18(11-15)16-5-2-1-3-6-16/h1-3,5-8,11-12,23H,4,9-10,13-14H2. The second-order valence-corrected chi connectivity index (χ2v) is 5.46. The molecule has 1 N–H and O–H groups in total. The summed E-state index contributed by atoms with van der Waals surface area (Å²) in [6, 6.07) is 14.1. The first kappa shape index (κ1) is 16.3. The van der Waals surface area contributed by atoms with Crippen LogP contribution in [0.15, 0.2) is 54.9 Å². The number of benzene rings is 1. The van der Waals surface area contributed by atoms with Gasteiger partial charge in [-0.25, -0.2) is 0 Å². The van der Waals surface area contributed by atoms with E-state index in [0.717, 1.165) is 22.5 Å². The number of aliphatic hydroxyl groups is 1. The number of aliphatic hydroxyl groups excluding tert-OH is 1. The zero-order valence-electron chi connectivity index (χ0n) is 13.4. The molecule has 0 aliphatic carbocycles. The van der Waals surface area contributed by atoms with Gasteiger partial charge in [0.15, 0.2) is 0 Å². The molecule has 124 valence electrons. The molecule has 1 aromatic carbocycles. The average Bonchev–Trinajstić information content (AvgIpc) is 3.09. The number of nitrogens with zero attached hydrogens (tertiary/aromatic N) is 4. The van der Waals surface area contributed by atoms with Crippen molar-refractivity contribution < 1.29 is 9.84 Å². The Morgan fingerprint density at radius 1 is 1.08 bits per heavy atom. The number of pyridine rings is 1. The third-order valence-corrected chi connectivity index (χ3v) is 3.54. The monoisotopic (exact) mass is 324 g/mol. The summed E-state index contributed by atoms with van der Waals surface area (Å²) in [4.78, 5) is 4.41. The molecule has 6 heteroatoms. The Morgan fingerprint density at radius 3 is 2.79 bits per heavy atom. The van der Waals surface area contributed by atoms with E-state index in [4.69, 9.17) is 9.84 Å². The lowest BCUT2D eigenvalue weighted by atomic mass is 10.1. The van der Waals surface area contributed by atoms with Crippen molar-refractivity contribution in [2.24, 2.45) is 0 Å². The van der Waals surface area contributed by atoms with Crippen LogP contribution in [0.25, 0.3) is 11.3 Å². The van der Waals surface area contributed by atoms with Crippen LogP contribution in [0.5, 0.6) is 0 Å². The second-order valence-electron chi connectivity index (χ2n) is 5.46. The Balaban J connectivity index is 1.54. The lowest BCUT2D eigenvalue weighted by Crippen LogP contribution is -2.00. The molecule has 2 heterocycles. The van der Waals surface area contributed by atoms with Gasteiger partial charge in [-0.05, 0) is 24.1 Å². The van der Waals surface area contributed by atoms with Gasteiger partial charge in [0.05, 0.1) is 25.1 Å². The Labute approximate surface area is 140 Å². The maximum atomic E-state index is 8.82. The molecule has 0 saturated carbocycles. The number of ether oxygens (including phenoxy) is 1. The van der Waals surface area contributed by atoms with E-state index in [0.29, 0.717) is 26.2 Å². The van der Waals surface area contributed by atoms with Crippen molar-refractivity contribution in [1.29, 1.82) is 0 Å². The molecule has 2 aromatic heterocycles. The molecule has 3 aromatic rings. The summed E-state index contributed by atoms with van der Waals surface area (Å²) < 4.78 is 7.44. The predicted octanol–water partition coefficient (Wildman–Crippen LogP) is 2.44. The van der Waals surface area contributed by atoms with E-state index in [1.807, 2.05) is 48.7 Å². The van der Waals surface area contributed by atoms with E-state index in [1.165, 1.54) is 0 Å². The molecule has 0 aliphatic heterocycles.